The molecule has 0 amide bonds. The first-order valence-electron chi connectivity index (χ1n) is 8.34. The fraction of sp³-hybridized carbons (Fsp3) is 0.400. The van der Waals surface area contributed by atoms with Crippen LogP contribution in [-0.4, -0.2) is 20.2 Å². The van der Waals surface area contributed by atoms with E-state index in [9.17, 15) is 0 Å². The second-order valence-corrected chi connectivity index (χ2v) is 7.09. The molecule has 0 aromatic heterocycles. The number of ether oxygens (including phenoxy) is 1. The van der Waals surface area contributed by atoms with E-state index in [1.54, 1.807) is 0 Å². The molecule has 0 fully saturated rings. The average molecular weight is 423 g/mol. The van der Waals surface area contributed by atoms with Gasteiger partial charge in [-0.3, -0.25) is 0 Å². The normalized spacial score (nSPS) is 12.1. The Kier molecular flexibility index (Phi) is 7.89. The van der Waals surface area contributed by atoms with Crippen molar-refractivity contribution in [3.8, 4) is 5.75 Å². The highest BCUT2D eigenvalue weighted by atomic mass is 127. The summed E-state index contributed by atoms with van der Waals surface area (Å²) >= 11 is 2.36. The van der Waals surface area contributed by atoms with Gasteiger partial charge >= 0.3 is 0 Å². The van der Waals surface area contributed by atoms with Gasteiger partial charge in [-0.2, -0.15) is 0 Å². The number of benzene rings is 2. The van der Waals surface area contributed by atoms with Gasteiger partial charge in [0.1, 0.15) is 5.75 Å². The smallest absolute Gasteiger partial charge is 0.119 e. The molecule has 0 radical (unpaired) electrons. The van der Waals surface area contributed by atoms with Gasteiger partial charge in [0.25, 0.3) is 0 Å². The minimum Gasteiger partial charge on any atom is -0.494 e. The van der Waals surface area contributed by atoms with Crippen molar-refractivity contribution in [2.45, 2.75) is 32.1 Å². The Morgan fingerprint density at radius 3 is 2.61 bits per heavy atom. The Morgan fingerprint density at radius 1 is 1.13 bits per heavy atom. The van der Waals surface area contributed by atoms with Crippen LogP contribution >= 0.6 is 22.6 Å². The van der Waals surface area contributed by atoms with Gasteiger partial charge in [-0.05, 0) is 96.8 Å². The Labute approximate surface area is 153 Å². The third-order valence-electron chi connectivity index (χ3n) is 3.94. The first-order valence-corrected chi connectivity index (χ1v) is 9.42. The van der Waals surface area contributed by atoms with E-state index in [1.807, 2.05) is 13.1 Å². The largest absolute Gasteiger partial charge is 0.494 e. The molecule has 1 atom stereocenters. The summed E-state index contributed by atoms with van der Waals surface area (Å²) in [5, 5.41) is 3.28. The zero-order valence-corrected chi connectivity index (χ0v) is 16.2. The van der Waals surface area contributed by atoms with Gasteiger partial charge in [0.2, 0.25) is 0 Å². The molecule has 124 valence electrons. The molecule has 2 aromatic carbocycles. The first-order chi connectivity index (χ1) is 11.2. The minimum atomic E-state index is 0.529. The molecule has 3 heteroatoms. The molecule has 0 heterocycles. The zero-order valence-electron chi connectivity index (χ0n) is 14.0. The van der Waals surface area contributed by atoms with E-state index in [0.29, 0.717) is 5.92 Å². The van der Waals surface area contributed by atoms with Crippen molar-refractivity contribution in [3.63, 3.8) is 0 Å². The standard InChI is InChI=1S/C20H26INO/c1-3-13-23-20-6-4-5-16(15-20)14-18(11-12-22-2)17-7-9-19(21)10-8-17/h4-10,15,18,22H,3,11-14H2,1-2H3. The lowest BCUT2D eigenvalue weighted by Gasteiger charge is -2.18. The van der Waals surface area contributed by atoms with Crippen molar-refractivity contribution in [1.82, 2.24) is 5.32 Å². The summed E-state index contributed by atoms with van der Waals surface area (Å²) in [6.07, 6.45) is 3.22. The molecule has 2 nitrogen and oxygen atoms in total. The van der Waals surface area contributed by atoms with Crippen LogP contribution in [0.25, 0.3) is 0 Å². The quantitative estimate of drug-likeness (QED) is 0.573. The summed E-state index contributed by atoms with van der Waals surface area (Å²) < 4.78 is 7.05. The monoisotopic (exact) mass is 423 g/mol. The van der Waals surface area contributed by atoms with E-state index in [0.717, 1.165) is 38.2 Å². The van der Waals surface area contributed by atoms with Crippen LogP contribution in [0.4, 0.5) is 0 Å². The van der Waals surface area contributed by atoms with E-state index >= 15 is 0 Å². The fourth-order valence-corrected chi connectivity index (χ4v) is 3.07. The highest BCUT2D eigenvalue weighted by molar-refractivity contribution is 14.1. The summed E-state index contributed by atoms with van der Waals surface area (Å²) in [5.41, 5.74) is 2.76. The highest BCUT2D eigenvalue weighted by Crippen LogP contribution is 2.26. The molecule has 1 N–H and O–H groups in total. The van der Waals surface area contributed by atoms with Crippen molar-refractivity contribution in [1.29, 1.82) is 0 Å². The van der Waals surface area contributed by atoms with Crippen LogP contribution in [0.15, 0.2) is 48.5 Å². The maximum absolute atomic E-state index is 5.77. The summed E-state index contributed by atoms with van der Waals surface area (Å²) in [5.74, 6) is 1.51. The van der Waals surface area contributed by atoms with Gasteiger partial charge in [0.05, 0.1) is 6.61 Å². The number of hydrogen-bond acceptors (Lipinski definition) is 2. The van der Waals surface area contributed by atoms with Gasteiger partial charge in [0, 0.05) is 3.57 Å². The summed E-state index contributed by atoms with van der Waals surface area (Å²) in [4.78, 5) is 0. The maximum atomic E-state index is 5.77. The van der Waals surface area contributed by atoms with Gasteiger partial charge in [0.15, 0.2) is 0 Å². The SMILES string of the molecule is CCCOc1cccc(CC(CCNC)c2ccc(I)cc2)c1. The van der Waals surface area contributed by atoms with E-state index < -0.39 is 0 Å². The molecule has 0 spiro atoms. The molecule has 0 aliphatic carbocycles. The lowest BCUT2D eigenvalue weighted by atomic mass is 9.89. The fourth-order valence-electron chi connectivity index (χ4n) is 2.71. The number of rotatable bonds is 9. The second kappa shape index (κ2) is 9.93. The third kappa shape index (κ3) is 6.15. The molecular formula is C20H26INO. The number of halogens is 1. The van der Waals surface area contributed by atoms with E-state index in [2.05, 4.69) is 77.3 Å². The Balaban J connectivity index is 2.12. The lowest BCUT2D eigenvalue weighted by Crippen LogP contribution is -2.14. The van der Waals surface area contributed by atoms with Gasteiger partial charge in [-0.25, -0.2) is 0 Å². The van der Waals surface area contributed by atoms with E-state index in [-0.39, 0.29) is 0 Å². The Bertz CT molecular complexity index is 582. The molecule has 23 heavy (non-hydrogen) atoms. The minimum absolute atomic E-state index is 0.529. The van der Waals surface area contributed by atoms with Gasteiger partial charge in [-0.15, -0.1) is 0 Å². The van der Waals surface area contributed by atoms with Crippen LogP contribution in [0.1, 0.15) is 36.8 Å². The van der Waals surface area contributed by atoms with Crippen LogP contribution < -0.4 is 10.1 Å². The van der Waals surface area contributed by atoms with Crippen LogP contribution in [0.2, 0.25) is 0 Å². The Hall–Kier alpha value is -1.07. The Morgan fingerprint density at radius 2 is 1.91 bits per heavy atom. The molecule has 2 aromatic rings. The molecule has 0 saturated heterocycles. The zero-order chi connectivity index (χ0) is 16.5. The first kappa shape index (κ1) is 18.3. The lowest BCUT2D eigenvalue weighted by molar-refractivity contribution is 0.317. The van der Waals surface area contributed by atoms with E-state index in [1.165, 1.54) is 14.7 Å². The highest BCUT2D eigenvalue weighted by Gasteiger charge is 2.12. The van der Waals surface area contributed by atoms with E-state index in [4.69, 9.17) is 4.74 Å². The number of nitrogens with one attached hydrogen (secondary N) is 1. The van der Waals surface area contributed by atoms with Crippen molar-refractivity contribution in [3.05, 3.63) is 63.2 Å². The molecule has 0 saturated carbocycles. The van der Waals surface area contributed by atoms with Crippen LogP contribution in [0.3, 0.4) is 0 Å². The molecule has 0 bridgehead atoms. The topological polar surface area (TPSA) is 21.3 Å². The summed E-state index contributed by atoms with van der Waals surface area (Å²) in [6.45, 7) is 3.95. The number of hydrogen-bond donors (Lipinski definition) is 1. The predicted octanol–water partition coefficient (Wildman–Crippen LogP) is 5.02. The predicted molar refractivity (Wildman–Crippen MR) is 106 cm³/mol. The second-order valence-electron chi connectivity index (χ2n) is 5.84. The molecular weight excluding hydrogens is 397 g/mol. The van der Waals surface area contributed by atoms with Crippen molar-refractivity contribution in [2.24, 2.45) is 0 Å². The van der Waals surface area contributed by atoms with Crippen LogP contribution in [0, 0.1) is 3.57 Å². The molecule has 1 unspecified atom stereocenters. The van der Waals surface area contributed by atoms with Gasteiger partial charge < -0.3 is 10.1 Å². The van der Waals surface area contributed by atoms with Gasteiger partial charge in [-0.1, -0.05) is 31.2 Å². The third-order valence-corrected chi connectivity index (χ3v) is 4.66. The molecule has 2 rings (SSSR count). The van der Waals surface area contributed by atoms with Crippen LogP contribution in [-0.2, 0) is 6.42 Å². The van der Waals surface area contributed by atoms with Crippen LogP contribution in [0.5, 0.6) is 5.75 Å². The molecule has 0 aliphatic heterocycles. The van der Waals surface area contributed by atoms with Crippen molar-refractivity contribution in [2.75, 3.05) is 20.2 Å². The van der Waals surface area contributed by atoms with Crippen molar-refractivity contribution >= 4 is 22.6 Å². The summed E-state index contributed by atoms with van der Waals surface area (Å²) in [6, 6.07) is 17.5. The summed E-state index contributed by atoms with van der Waals surface area (Å²) in [7, 11) is 2.02. The van der Waals surface area contributed by atoms with Crippen molar-refractivity contribution < 1.29 is 4.74 Å². The maximum Gasteiger partial charge on any atom is 0.119 e. The average Bonchev–Trinajstić information content (AvgIpc) is 2.58. The molecule has 0 aliphatic rings.